The third-order valence-corrected chi connectivity index (χ3v) is 3.26. The predicted molar refractivity (Wildman–Crippen MR) is 68.0 cm³/mol. The van der Waals surface area contributed by atoms with E-state index in [1.54, 1.807) is 0 Å². The maximum Gasteiger partial charge on any atom is 0.234 e. The van der Waals surface area contributed by atoms with E-state index in [-0.39, 0.29) is 23.3 Å². The normalized spacial score (nSPS) is 20.3. The lowest BCUT2D eigenvalue weighted by atomic mass is 9.88. The quantitative estimate of drug-likeness (QED) is 0.790. The second-order valence-corrected chi connectivity index (χ2v) is 5.84. The molecule has 1 atom stereocenters. The van der Waals surface area contributed by atoms with E-state index >= 15 is 0 Å². The van der Waals surface area contributed by atoms with E-state index in [2.05, 4.69) is 10.3 Å². The van der Waals surface area contributed by atoms with Crippen molar-refractivity contribution in [2.24, 2.45) is 0 Å². The first-order valence-corrected chi connectivity index (χ1v) is 6.28. The number of rotatable bonds is 1. The largest absolute Gasteiger partial charge is 0.296 e. The van der Waals surface area contributed by atoms with E-state index in [0.717, 1.165) is 0 Å². The molecule has 4 nitrogen and oxygen atoms in total. The smallest absolute Gasteiger partial charge is 0.234 e. The van der Waals surface area contributed by atoms with Gasteiger partial charge in [-0.15, -0.1) is 0 Å². The van der Waals surface area contributed by atoms with Crippen LogP contribution in [0.3, 0.4) is 0 Å². The fourth-order valence-electron chi connectivity index (χ4n) is 2.10. The summed E-state index contributed by atoms with van der Waals surface area (Å²) < 4.78 is 14.1. The maximum absolute atomic E-state index is 14.1. The molecule has 1 aliphatic heterocycles. The number of halogens is 1. The van der Waals surface area contributed by atoms with Crippen LogP contribution in [0.15, 0.2) is 12.3 Å². The summed E-state index contributed by atoms with van der Waals surface area (Å²) in [6.45, 7) is 5.83. The first-order valence-electron chi connectivity index (χ1n) is 6.28. The summed E-state index contributed by atoms with van der Waals surface area (Å²) in [6, 6.07) is 1.37. The van der Waals surface area contributed by atoms with Crippen LogP contribution < -0.4 is 5.32 Å². The average Bonchev–Trinajstić information content (AvgIpc) is 2.28. The Balaban J connectivity index is 2.31. The highest BCUT2D eigenvalue weighted by Gasteiger charge is 2.30. The van der Waals surface area contributed by atoms with Gasteiger partial charge in [0.2, 0.25) is 11.8 Å². The van der Waals surface area contributed by atoms with Crippen LogP contribution in [-0.4, -0.2) is 16.8 Å². The van der Waals surface area contributed by atoms with Crippen LogP contribution in [0.2, 0.25) is 0 Å². The van der Waals surface area contributed by atoms with Gasteiger partial charge in [0, 0.05) is 29.3 Å². The van der Waals surface area contributed by atoms with E-state index in [1.807, 2.05) is 20.8 Å². The lowest BCUT2D eigenvalue weighted by Gasteiger charge is -2.23. The SMILES string of the molecule is CC(C)(C)c1cc(F)c(C2CCC(=O)NC2=O)cn1. The van der Waals surface area contributed by atoms with Crippen molar-refractivity contribution in [3.63, 3.8) is 0 Å². The fourth-order valence-corrected chi connectivity index (χ4v) is 2.10. The molecule has 0 saturated carbocycles. The summed E-state index contributed by atoms with van der Waals surface area (Å²) in [5.74, 6) is -1.81. The van der Waals surface area contributed by atoms with Crippen LogP contribution in [0.25, 0.3) is 0 Å². The standard InChI is InChI=1S/C14H17FN2O2/c1-14(2,3)11-6-10(15)9(7-16-11)8-4-5-12(18)17-13(8)19/h6-8H,4-5H2,1-3H3,(H,17,18,19). The van der Waals surface area contributed by atoms with Crippen LogP contribution in [-0.2, 0) is 15.0 Å². The first kappa shape index (κ1) is 13.6. The molecule has 1 saturated heterocycles. The number of aromatic nitrogens is 1. The van der Waals surface area contributed by atoms with Gasteiger partial charge in [-0.3, -0.25) is 19.9 Å². The molecule has 1 aromatic heterocycles. The van der Waals surface area contributed by atoms with Crippen molar-refractivity contribution in [2.45, 2.75) is 44.9 Å². The molecule has 19 heavy (non-hydrogen) atoms. The summed E-state index contributed by atoms with van der Waals surface area (Å²) in [4.78, 5) is 27.0. The number of hydrogen-bond acceptors (Lipinski definition) is 3. The van der Waals surface area contributed by atoms with Crippen LogP contribution in [0.1, 0.15) is 50.8 Å². The summed E-state index contributed by atoms with van der Waals surface area (Å²) in [7, 11) is 0. The highest BCUT2D eigenvalue weighted by Crippen LogP contribution is 2.29. The number of carbonyl (C=O) groups excluding carboxylic acids is 2. The molecule has 1 fully saturated rings. The van der Waals surface area contributed by atoms with E-state index in [9.17, 15) is 14.0 Å². The number of imide groups is 1. The zero-order chi connectivity index (χ0) is 14.2. The average molecular weight is 264 g/mol. The minimum atomic E-state index is -0.626. The summed E-state index contributed by atoms with van der Waals surface area (Å²) in [6.07, 6.45) is 1.98. The Kier molecular flexibility index (Phi) is 3.39. The number of nitrogens with one attached hydrogen (secondary N) is 1. The Morgan fingerprint density at radius 1 is 1.37 bits per heavy atom. The number of hydrogen-bond donors (Lipinski definition) is 1. The van der Waals surface area contributed by atoms with Crippen LogP contribution in [0.5, 0.6) is 0 Å². The molecule has 0 aromatic carbocycles. The van der Waals surface area contributed by atoms with Gasteiger partial charge in [-0.1, -0.05) is 20.8 Å². The van der Waals surface area contributed by atoms with Crippen LogP contribution >= 0.6 is 0 Å². The molecular formula is C14H17FN2O2. The van der Waals surface area contributed by atoms with E-state index in [1.165, 1.54) is 12.3 Å². The van der Waals surface area contributed by atoms with Gasteiger partial charge < -0.3 is 0 Å². The van der Waals surface area contributed by atoms with E-state index in [0.29, 0.717) is 12.1 Å². The van der Waals surface area contributed by atoms with Gasteiger partial charge in [0.1, 0.15) is 5.82 Å². The second-order valence-electron chi connectivity index (χ2n) is 5.84. The third kappa shape index (κ3) is 2.80. The highest BCUT2D eigenvalue weighted by molar-refractivity contribution is 6.00. The summed E-state index contributed by atoms with van der Waals surface area (Å²) in [5.41, 5.74) is 0.656. The van der Waals surface area contributed by atoms with Crippen molar-refractivity contribution >= 4 is 11.8 Å². The molecule has 1 N–H and O–H groups in total. The summed E-state index contributed by atoms with van der Waals surface area (Å²) in [5, 5.41) is 2.23. The van der Waals surface area contributed by atoms with Crippen molar-refractivity contribution in [1.82, 2.24) is 10.3 Å². The molecule has 102 valence electrons. The van der Waals surface area contributed by atoms with Crippen molar-refractivity contribution in [3.05, 3.63) is 29.3 Å². The zero-order valence-corrected chi connectivity index (χ0v) is 11.3. The Morgan fingerprint density at radius 2 is 2.05 bits per heavy atom. The van der Waals surface area contributed by atoms with Gasteiger partial charge in [0.05, 0.1) is 5.92 Å². The number of nitrogens with zero attached hydrogens (tertiary/aromatic N) is 1. The minimum absolute atomic E-state index is 0.233. The monoisotopic (exact) mass is 264 g/mol. The lowest BCUT2D eigenvalue weighted by Crippen LogP contribution is -2.39. The number of pyridine rings is 1. The molecule has 1 unspecified atom stereocenters. The van der Waals surface area contributed by atoms with E-state index in [4.69, 9.17) is 0 Å². The van der Waals surface area contributed by atoms with Crippen LogP contribution in [0, 0.1) is 5.82 Å². The Morgan fingerprint density at radius 3 is 2.58 bits per heavy atom. The van der Waals surface area contributed by atoms with Gasteiger partial charge in [0.15, 0.2) is 0 Å². The molecule has 0 bridgehead atoms. The Labute approximate surface area is 111 Å². The molecule has 1 aliphatic rings. The third-order valence-electron chi connectivity index (χ3n) is 3.26. The lowest BCUT2D eigenvalue weighted by molar-refractivity contribution is -0.134. The number of piperidine rings is 1. The Hall–Kier alpha value is -1.78. The van der Waals surface area contributed by atoms with Gasteiger partial charge in [-0.25, -0.2) is 4.39 Å². The Bertz CT molecular complexity index is 535. The highest BCUT2D eigenvalue weighted by atomic mass is 19.1. The predicted octanol–water partition coefficient (Wildman–Crippen LogP) is 2.04. The number of carbonyl (C=O) groups is 2. The zero-order valence-electron chi connectivity index (χ0n) is 11.3. The first-order chi connectivity index (χ1) is 8.79. The van der Waals surface area contributed by atoms with Crippen molar-refractivity contribution < 1.29 is 14.0 Å². The van der Waals surface area contributed by atoms with Crippen molar-refractivity contribution in [2.75, 3.05) is 0 Å². The molecule has 0 aliphatic carbocycles. The molecule has 2 heterocycles. The molecule has 1 aromatic rings. The summed E-state index contributed by atoms with van der Waals surface area (Å²) >= 11 is 0. The molecule has 5 heteroatoms. The molecule has 0 spiro atoms. The molecule has 0 radical (unpaired) electrons. The van der Waals surface area contributed by atoms with Gasteiger partial charge in [-0.05, 0) is 12.5 Å². The van der Waals surface area contributed by atoms with Gasteiger partial charge in [0.25, 0.3) is 0 Å². The van der Waals surface area contributed by atoms with E-state index < -0.39 is 17.6 Å². The topological polar surface area (TPSA) is 59.1 Å². The fraction of sp³-hybridized carbons (Fsp3) is 0.500. The second kappa shape index (κ2) is 4.72. The molecular weight excluding hydrogens is 247 g/mol. The van der Waals surface area contributed by atoms with Crippen molar-refractivity contribution in [1.29, 1.82) is 0 Å². The molecule has 2 amide bonds. The van der Waals surface area contributed by atoms with Gasteiger partial charge >= 0.3 is 0 Å². The van der Waals surface area contributed by atoms with Crippen LogP contribution in [0.4, 0.5) is 4.39 Å². The van der Waals surface area contributed by atoms with Crippen molar-refractivity contribution in [3.8, 4) is 0 Å². The molecule has 2 rings (SSSR count). The minimum Gasteiger partial charge on any atom is -0.296 e. The maximum atomic E-state index is 14.1. The van der Waals surface area contributed by atoms with Gasteiger partial charge in [-0.2, -0.15) is 0 Å². The number of amides is 2.